The second-order valence-electron chi connectivity index (χ2n) is 5.78. The van der Waals surface area contributed by atoms with E-state index in [0.29, 0.717) is 6.04 Å². The summed E-state index contributed by atoms with van der Waals surface area (Å²) in [5.74, 6) is 2.09. The molecule has 0 radical (unpaired) electrons. The van der Waals surface area contributed by atoms with Gasteiger partial charge in [-0.25, -0.2) is 4.98 Å². The molecule has 0 spiro atoms. The standard InChI is InChI=1S/C17H23N3O/c1-19-10-8-18-17(19)13-20-9-4-6-15(20)11-14-5-3-7-16(12-14)21-2/h3,5,7-8,10,12,15H,4,6,9,11,13H2,1-2H3/t15-/m1/s1. The van der Waals surface area contributed by atoms with Gasteiger partial charge in [-0.1, -0.05) is 12.1 Å². The molecule has 0 saturated carbocycles. The van der Waals surface area contributed by atoms with Crippen molar-refractivity contribution in [3.05, 3.63) is 48.0 Å². The summed E-state index contributed by atoms with van der Waals surface area (Å²) in [5.41, 5.74) is 1.35. The van der Waals surface area contributed by atoms with E-state index in [1.807, 2.05) is 18.5 Å². The minimum atomic E-state index is 0.605. The van der Waals surface area contributed by atoms with Gasteiger partial charge in [0.1, 0.15) is 11.6 Å². The SMILES string of the molecule is COc1cccc(C[C@H]2CCCN2Cc2nccn2C)c1. The third-order valence-corrected chi connectivity index (χ3v) is 4.37. The van der Waals surface area contributed by atoms with Crippen LogP contribution in [0.5, 0.6) is 5.75 Å². The molecule has 1 atom stereocenters. The normalized spacial score (nSPS) is 19.0. The van der Waals surface area contributed by atoms with Crippen LogP contribution in [-0.2, 0) is 20.0 Å². The maximum Gasteiger partial charge on any atom is 0.122 e. The Morgan fingerprint density at radius 2 is 2.29 bits per heavy atom. The Bertz CT molecular complexity index is 593. The van der Waals surface area contributed by atoms with Crippen LogP contribution >= 0.6 is 0 Å². The van der Waals surface area contributed by atoms with Crippen LogP contribution in [0.3, 0.4) is 0 Å². The van der Waals surface area contributed by atoms with Crippen molar-refractivity contribution >= 4 is 0 Å². The van der Waals surface area contributed by atoms with Gasteiger partial charge in [-0.3, -0.25) is 4.90 Å². The molecule has 21 heavy (non-hydrogen) atoms. The molecular formula is C17H23N3O. The molecule has 112 valence electrons. The van der Waals surface area contributed by atoms with E-state index in [4.69, 9.17) is 4.74 Å². The van der Waals surface area contributed by atoms with Gasteiger partial charge in [-0.05, 0) is 43.5 Å². The Morgan fingerprint density at radius 1 is 1.38 bits per heavy atom. The minimum Gasteiger partial charge on any atom is -0.497 e. The van der Waals surface area contributed by atoms with Gasteiger partial charge in [0.25, 0.3) is 0 Å². The molecule has 0 unspecified atom stereocenters. The lowest BCUT2D eigenvalue weighted by Crippen LogP contribution is -2.31. The fourth-order valence-electron chi connectivity index (χ4n) is 3.14. The summed E-state index contributed by atoms with van der Waals surface area (Å²) in [7, 11) is 3.79. The average molecular weight is 285 g/mol. The van der Waals surface area contributed by atoms with Gasteiger partial charge in [-0.15, -0.1) is 0 Å². The highest BCUT2D eigenvalue weighted by Gasteiger charge is 2.25. The molecule has 0 bridgehead atoms. The molecule has 4 nitrogen and oxygen atoms in total. The van der Waals surface area contributed by atoms with Crippen LogP contribution in [-0.4, -0.2) is 34.1 Å². The maximum atomic E-state index is 5.32. The van der Waals surface area contributed by atoms with E-state index in [2.05, 4.69) is 39.7 Å². The van der Waals surface area contributed by atoms with Crippen LogP contribution < -0.4 is 4.74 Å². The van der Waals surface area contributed by atoms with E-state index in [1.165, 1.54) is 24.9 Å². The predicted molar refractivity (Wildman–Crippen MR) is 83.3 cm³/mol. The molecule has 1 aromatic carbocycles. The number of methoxy groups -OCH3 is 1. The Labute approximate surface area is 126 Å². The molecule has 1 aromatic heterocycles. The van der Waals surface area contributed by atoms with Crippen molar-refractivity contribution in [2.24, 2.45) is 7.05 Å². The van der Waals surface area contributed by atoms with E-state index in [9.17, 15) is 0 Å². The Morgan fingerprint density at radius 3 is 3.05 bits per heavy atom. The van der Waals surface area contributed by atoms with Gasteiger partial charge < -0.3 is 9.30 Å². The number of hydrogen-bond donors (Lipinski definition) is 0. The lowest BCUT2D eigenvalue weighted by molar-refractivity contribution is 0.235. The van der Waals surface area contributed by atoms with Crippen molar-refractivity contribution in [2.75, 3.05) is 13.7 Å². The topological polar surface area (TPSA) is 30.3 Å². The molecule has 1 saturated heterocycles. The number of likely N-dealkylation sites (tertiary alicyclic amines) is 1. The largest absolute Gasteiger partial charge is 0.497 e. The number of hydrogen-bond acceptors (Lipinski definition) is 3. The molecule has 1 fully saturated rings. The molecule has 0 aliphatic carbocycles. The molecule has 2 aromatic rings. The van der Waals surface area contributed by atoms with Crippen molar-refractivity contribution < 1.29 is 4.74 Å². The second kappa shape index (κ2) is 6.31. The summed E-state index contributed by atoms with van der Waals surface area (Å²) in [4.78, 5) is 7.01. The first-order valence-electron chi connectivity index (χ1n) is 7.59. The van der Waals surface area contributed by atoms with E-state index < -0.39 is 0 Å². The lowest BCUT2D eigenvalue weighted by atomic mass is 10.0. The summed E-state index contributed by atoms with van der Waals surface area (Å²) in [6, 6.07) is 9.03. The number of imidazole rings is 1. The second-order valence-corrected chi connectivity index (χ2v) is 5.78. The van der Waals surface area contributed by atoms with Crippen molar-refractivity contribution in [2.45, 2.75) is 31.8 Å². The van der Waals surface area contributed by atoms with Crippen molar-refractivity contribution in [1.29, 1.82) is 0 Å². The highest BCUT2D eigenvalue weighted by molar-refractivity contribution is 5.29. The number of benzene rings is 1. The van der Waals surface area contributed by atoms with Crippen molar-refractivity contribution in [3.8, 4) is 5.75 Å². The third kappa shape index (κ3) is 3.27. The zero-order chi connectivity index (χ0) is 14.7. The molecule has 1 aliphatic heterocycles. The van der Waals surface area contributed by atoms with Crippen LogP contribution in [0.25, 0.3) is 0 Å². The van der Waals surface area contributed by atoms with Crippen LogP contribution in [0.15, 0.2) is 36.7 Å². The van der Waals surface area contributed by atoms with Gasteiger partial charge in [-0.2, -0.15) is 0 Å². The fourth-order valence-corrected chi connectivity index (χ4v) is 3.14. The highest BCUT2D eigenvalue weighted by Crippen LogP contribution is 2.24. The predicted octanol–water partition coefficient (Wildman–Crippen LogP) is 2.64. The first kappa shape index (κ1) is 14.1. The van der Waals surface area contributed by atoms with Crippen molar-refractivity contribution in [1.82, 2.24) is 14.5 Å². The molecule has 0 amide bonds. The van der Waals surface area contributed by atoms with Gasteiger partial charge in [0, 0.05) is 25.5 Å². The number of nitrogens with zero attached hydrogens (tertiary/aromatic N) is 3. The summed E-state index contributed by atoms with van der Waals surface area (Å²) in [6.45, 7) is 2.11. The summed E-state index contributed by atoms with van der Waals surface area (Å²) in [5, 5.41) is 0. The minimum absolute atomic E-state index is 0.605. The summed E-state index contributed by atoms with van der Waals surface area (Å²) >= 11 is 0. The third-order valence-electron chi connectivity index (χ3n) is 4.37. The zero-order valence-electron chi connectivity index (χ0n) is 12.8. The Balaban J connectivity index is 1.67. The Hall–Kier alpha value is -1.81. The average Bonchev–Trinajstić information content (AvgIpc) is 3.10. The van der Waals surface area contributed by atoms with E-state index in [1.54, 1.807) is 7.11 Å². The molecule has 4 heteroatoms. The number of aromatic nitrogens is 2. The first-order valence-corrected chi connectivity index (χ1v) is 7.59. The van der Waals surface area contributed by atoms with Crippen LogP contribution in [0.2, 0.25) is 0 Å². The van der Waals surface area contributed by atoms with Crippen molar-refractivity contribution in [3.63, 3.8) is 0 Å². The van der Waals surface area contributed by atoms with E-state index in [0.717, 1.165) is 24.5 Å². The van der Waals surface area contributed by atoms with Crippen LogP contribution in [0.4, 0.5) is 0 Å². The van der Waals surface area contributed by atoms with Crippen LogP contribution in [0.1, 0.15) is 24.2 Å². The summed E-state index contributed by atoms with van der Waals surface area (Å²) < 4.78 is 7.43. The highest BCUT2D eigenvalue weighted by atomic mass is 16.5. The number of rotatable bonds is 5. The molecule has 0 N–H and O–H groups in total. The van der Waals surface area contributed by atoms with E-state index >= 15 is 0 Å². The quantitative estimate of drug-likeness (QED) is 0.846. The monoisotopic (exact) mass is 285 g/mol. The smallest absolute Gasteiger partial charge is 0.122 e. The molecule has 1 aliphatic rings. The fraction of sp³-hybridized carbons (Fsp3) is 0.471. The Kier molecular flexibility index (Phi) is 4.25. The van der Waals surface area contributed by atoms with Gasteiger partial charge >= 0.3 is 0 Å². The van der Waals surface area contributed by atoms with Gasteiger partial charge in [0.2, 0.25) is 0 Å². The molecule has 2 heterocycles. The first-order chi connectivity index (χ1) is 10.3. The lowest BCUT2D eigenvalue weighted by Gasteiger charge is -2.24. The zero-order valence-corrected chi connectivity index (χ0v) is 12.8. The van der Waals surface area contributed by atoms with E-state index in [-0.39, 0.29) is 0 Å². The van der Waals surface area contributed by atoms with Gasteiger partial charge in [0.15, 0.2) is 0 Å². The van der Waals surface area contributed by atoms with Gasteiger partial charge in [0.05, 0.1) is 13.7 Å². The maximum absolute atomic E-state index is 5.32. The number of ether oxygens (including phenoxy) is 1. The molecular weight excluding hydrogens is 262 g/mol. The number of aryl methyl sites for hydroxylation is 1. The summed E-state index contributed by atoms with van der Waals surface area (Å²) in [6.07, 6.45) is 7.52. The molecule has 3 rings (SSSR count). The van der Waals surface area contributed by atoms with Crippen LogP contribution in [0, 0.1) is 0 Å².